The van der Waals surface area contributed by atoms with E-state index in [0.29, 0.717) is 4.88 Å². The van der Waals surface area contributed by atoms with Gasteiger partial charge in [0.25, 0.3) is 5.91 Å². The van der Waals surface area contributed by atoms with Crippen LogP contribution in [0.4, 0.5) is 0 Å². The van der Waals surface area contributed by atoms with Gasteiger partial charge < -0.3 is 4.90 Å². The maximum absolute atomic E-state index is 13.0. The van der Waals surface area contributed by atoms with E-state index in [2.05, 4.69) is 15.1 Å². The van der Waals surface area contributed by atoms with Crippen LogP contribution < -0.4 is 0 Å². The maximum atomic E-state index is 13.0. The van der Waals surface area contributed by atoms with Crippen molar-refractivity contribution in [2.24, 2.45) is 0 Å². The molecular weight excluding hydrogens is 392 g/mol. The molecule has 0 aliphatic rings. The van der Waals surface area contributed by atoms with Crippen LogP contribution >= 0.6 is 22.7 Å². The Hall–Kier alpha value is -3.04. The molecule has 1 atom stereocenters. The number of fused-ring (bicyclic) bond motifs is 3. The molecule has 0 spiro atoms. The third-order valence-electron chi connectivity index (χ3n) is 4.91. The number of hydrogen-bond donors (Lipinski definition) is 0. The number of rotatable bonds is 4. The van der Waals surface area contributed by atoms with Gasteiger partial charge in [-0.25, -0.2) is 14.6 Å². The fourth-order valence-electron chi connectivity index (χ4n) is 3.17. The van der Waals surface area contributed by atoms with Crippen molar-refractivity contribution >= 4 is 43.9 Å². The van der Waals surface area contributed by atoms with Crippen LogP contribution in [0.5, 0.6) is 0 Å². The highest BCUT2D eigenvalue weighted by molar-refractivity contribution is 7.21. The largest absolute Gasteiger partial charge is 0.334 e. The smallest absolute Gasteiger partial charge is 0.264 e. The normalized spacial score (nSPS) is 12.6. The highest BCUT2D eigenvalue weighted by Gasteiger charge is 2.22. The standard InChI is InChI=1S/C19H16N6OS2/c1-12(13-3-5-14(6-4-13)25-11-20-10-21-25)23(2)18(26)16-9-15-17(28-16)22-19-24(15)7-8-27-19/h3-12H,1-2H3/t12-/m0/s1. The van der Waals surface area contributed by atoms with E-state index < -0.39 is 0 Å². The van der Waals surface area contributed by atoms with Crippen LogP contribution in [0.3, 0.4) is 0 Å². The molecule has 0 fully saturated rings. The SMILES string of the molecule is C[C@@H](c1ccc(-n2cncn2)cc1)N(C)C(=O)c1cc2c(nc3sccn32)s1. The van der Waals surface area contributed by atoms with Crippen LogP contribution in [0.15, 0.2) is 54.6 Å². The summed E-state index contributed by atoms with van der Waals surface area (Å²) in [6.45, 7) is 2.03. The van der Waals surface area contributed by atoms with Crippen molar-refractivity contribution in [3.05, 3.63) is 65.0 Å². The molecule has 0 saturated heterocycles. The minimum atomic E-state index is -0.0597. The molecule has 4 aromatic heterocycles. The van der Waals surface area contributed by atoms with Crippen LogP contribution in [-0.4, -0.2) is 42.0 Å². The van der Waals surface area contributed by atoms with Gasteiger partial charge in [-0.15, -0.1) is 22.7 Å². The number of hydrogen-bond acceptors (Lipinski definition) is 6. The minimum Gasteiger partial charge on any atom is -0.334 e. The number of thiophene rings is 1. The lowest BCUT2D eigenvalue weighted by atomic mass is 10.1. The summed E-state index contributed by atoms with van der Waals surface area (Å²) in [6, 6.07) is 9.87. The van der Waals surface area contributed by atoms with Crippen LogP contribution in [0.25, 0.3) is 21.0 Å². The Bertz CT molecular complexity index is 1270. The van der Waals surface area contributed by atoms with Crippen molar-refractivity contribution < 1.29 is 4.79 Å². The average Bonchev–Trinajstić information content (AvgIpc) is 3.48. The average molecular weight is 409 g/mol. The highest BCUT2D eigenvalue weighted by Crippen LogP contribution is 2.30. The number of thiazole rings is 1. The molecule has 140 valence electrons. The lowest BCUT2D eigenvalue weighted by Gasteiger charge is -2.25. The van der Waals surface area contributed by atoms with Crippen LogP contribution in [0.1, 0.15) is 28.2 Å². The van der Waals surface area contributed by atoms with E-state index in [4.69, 9.17) is 0 Å². The zero-order chi connectivity index (χ0) is 19.3. The molecular formula is C19H16N6OS2. The number of carbonyl (C=O) groups is 1. The molecule has 1 aromatic carbocycles. The number of benzene rings is 1. The Balaban J connectivity index is 1.39. The number of nitrogens with zero attached hydrogens (tertiary/aromatic N) is 6. The summed E-state index contributed by atoms with van der Waals surface area (Å²) >= 11 is 3.04. The van der Waals surface area contributed by atoms with E-state index in [1.54, 1.807) is 27.2 Å². The van der Waals surface area contributed by atoms with Crippen molar-refractivity contribution in [2.75, 3.05) is 7.05 Å². The van der Waals surface area contributed by atoms with Gasteiger partial charge >= 0.3 is 0 Å². The van der Waals surface area contributed by atoms with Crippen LogP contribution in [-0.2, 0) is 0 Å². The molecule has 0 aliphatic carbocycles. The monoisotopic (exact) mass is 408 g/mol. The van der Waals surface area contributed by atoms with Gasteiger partial charge in [-0.1, -0.05) is 12.1 Å². The number of imidazole rings is 1. The van der Waals surface area contributed by atoms with Gasteiger partial charge in [-0.2, -0.15) is 5.10 Å². The number of amides is 1. The Morgan fingerprint density at radius 3 is 2.82 bits per heavy atom. The summed E-state index contributed by atoms with van der Waals surface area (Å²) in [7, 11) is 1.84. The zero-order valence-electron chi connectivity index (χ0n) is 15.2. The second-order valence-electron chi connectivity index (χ2n) is 6.49. The molecule has 0 radical (unpaired) electrons. The summed E-state index contributed by atoms with van der Waals surface area (Å²) < 4.78 is 3.73. The number of carbonyl (C=O) groups excluding carboxylic acids is 1. The van der Waals surface area contributed by atoms with Crippen molar-refractivity contribution in [1.29, 1.82) is 0 Å². The fraction of sp³-hybridized carbons (Fsp3) is 0.158. The lowest BCUT2D eigenvalue weighted by molar-refractivity contribution is 0.0747. The first kappa shape index (κ1) is 17.1. The lowest BCUT2D eigenvalue weighted by Crippen LogP contribution is -2.29. The summed E-state index contributed by atoms with van der Waals surface area (Å²) in [5, 5.41) is 6.13. The van der Waals surface area contributed by atoms with Crippen LogP contribution in [0.2, 0.25) is 0 Å². The van der Waals surface area contributed by atoms with E-state index >= 15 is 0 Å². The quantitative estimate of drug-likeness (QED) is 0.450. The first-order chi connectivity index (χ1) is 13.6. The third kappa shape index (κ3) is 2.71. The van der Waals surface area contributed by atoms with E-state index in [-0.39, 0.29) is 11.9 Å². The van der Waals surface area contributed by atoms with Gasteiger partial charge in [-0.3, -0.25) is 9.20 Å². The molecule has 0 saturated carbocycles. The van der Waals surface area contributed by atoms with Crippen molar-refractivity contribution in [3.63, 3.8) is 0 Å². The van der Waals surface area contributed by atoms with Gasteiger partial charge in [0.1, 0.15) is 17.5 Å². The molecule has 28 heavy (non-hydrogen) atoms. The summed E-state index contributed by atoms with van der Waals surface area (Å²) in [5.74, 6) is -0.000155. The Morgan fingerprint density at radius 1 is 1.25 bits per heavy atom. The Kier molecular flexibility index (Phi) is 3.99. The Morgan fingerprint density at radius 2 is 2.07 bits per heavy atom. The van der Waals surface area contributed by atoms with Crippen LogP contribution in [0, 0.1) is 0 Å². The zero-order valence-corrected chi connectivity index (χ0v) is 16.8. The van der Waals surface area contributed by atoms with Crippen molar-refractivity contribution in [2.45, 2.75) is 13.0 Å². The second-order valence-corrected chi connectivity index (χ2v) is 8.40. The second kappa shape index (κ2) is 6.54. The van der Waals surface area contributed by atoms with Gasteiger partial charge in [0.15, 0.2) is 4.96 Å². The maximum Gasteiger partial charge on any atom is 0.264 e. The molecule has 7 nitrogen and oxygen atoms in total. The molecule has 0 unspecified atom stereocenters. The molecule has 5 rings (SSSR count). The highest BCUT2D eigenvalue weighted by atomic mass is 32.1. The molecule has 1 amide bonds. The molecule has 4 heterocycles. The predicted octanol–water partition coefficient (Wildman–Crippen LogP) is 4.02. The van der Waals surface area contributed by atoms with Gasteiger partial charge in [-0.05, 0) is 30.7 Å². The summed E-state index contributed by atoms with van der Waals surface area (Å²) in [6.07, 6.45) is 5.15. The van der Waals surface area contributed by atoms with E-state index in [9.17, 15) is 4.79 Å². The van der Waals surface area contributed by atoms with Gasteiger partial charge in [0.05, 0.1) is 22.1 Å². The minimum absolute atomic E-state index is 0.000155. The first-order valence-corrected chi connectivity index (χ1v) is 10.4. The first-order valence-electron chi connectivity index (χ1n) is 8.69. The van der Waals surface area contributed by atoms with Gasteiger partial charge in [0, 0.05) is 18.6 Å². The third-order valence-corrected chi connectivity index (χ3v) is 6.67. The van der Waals surface area contributed by atoms with Crippen molar-refractivity contribution in [3.8, 4) is 5.69 Å². The van der Waals surface area contributed by atoms with E-state index in [1.165, 1.54) is 17.7 Å². The van der Waals surface area contributed by atoms with Crippen molar-refractivity contribution in [1.82, 2.24) is 29.0 Å². The van der Waals surface area contributed by atoms with Gasteiger partial charge in [0.2, 0.25) is 0 Å². The summed E-state index contributed by atoms with van der Waals surface area (Å²) in [4.78, 5) is 25.9. The molecule has 0 bridgehead atoms. The molecule has 0 aliphatic heterocycles. The number of aromatic nitrogens is 5. The van der Waals surface area contributed by atoms with E-state index in [0.717, 1.165) is 26.6 Å². The fourth-order valence-corrected chi connectivity index (χ4v) is 4.96. The molecule has 5 aromatic rings. The topological polar surface area (TPSA) is 68.3 Å². The molecule has 9 heteroatoms. The Labute approximate surface area is 168 Å². The predicted molar refractivity (Wildman–Crippen MR) is 110 cm³/mol. The molecule has 0 N–H and O–H groups in total. The summed E-state index contributed by atoms with van der Waals surface area (Å²) in [5.41, 5.74) is 2.98. The van der Waals surface area contributed by atoms with E-state index in [1.807, 2.05) is 60.3 Å².